The second-order valence-electron chi connectivity index (χ2n) is 5.48. The van der Waals surface area contributed by atoms with Crippen LogP contribution in [0.4, 0.5) is 0 Å². The van der Waals surface area contributed by atoms with Gasteiger partial charge >= 0.3 is 5.97 Å². The van der Waals surface area contributed by atoms with Crippen molar-refractivity contribution in [3.63, 3.8) is 0 Å². The van der Waals surface area contributed by atoms with Crippen molar-refractivity contribution in [2.45, 2.75) is 9.79 Å². The Kier molecular flexibility index (Phi) is 4.07. The van der Waals surface area contributed by atoms with Crippen LogP contribution in [0.25, 0.3) is 32.0 Å². The minimum Gasteiger partial charge on any atom is -0.476 e. The number of aromatic amines is 1. The van der Waals surface area contributed by atoms with Crippen LogP contribution in [0.3, 0.4) is 0 Å². The van der Waals surface area contributed by atoms with E-state index in [1.54, 1.807) is 12.1 Å². The zero-order valence-electron chi connectivity index (χ0n) is 12.7. The number of H-pyrrole nitrogens is 1. The molecule has 0 aliphatic carbocycles. The molecule has 2 aromatic carbocycles. The van der Waals surface area contributed by atoms with Crippen LogP contribution >= 0.6 is 36.6 Å². The van der Waals surface area contributed by atoms with Crippen LogP contribution in [0, 0.1) is 0 Å². The first-order valence-corrected chi connectivity index (χ1v) is 9.08. The number of fused-ring (bicyclic) bond motifs is 1. The van der Waals surface area contributed by atoms with E-state index >= 15 is 0 Å². The minimum absolute atomic E-state index is 0.0401. The third-order valence-corrected chi connectivity index (χ3v) is 5.90. The normalized spacial score (nSPS) is 11.1. The van der Waals surface area contributed by atoms with E-state index in [0.29, 0.717) is 14.8 Å². The lowest BCUT2D eigenvalue weighted by molar-refractivity contribution is 0.0692. The molecule has 2 aromatic heterocycles. The number of benzene rings is 2. The molecular formula is C18H12N2O2S3. The molecule has 0 saturated heterocycles. The molecule has 0 bridgehead atoms. The van der Waals surface area contributed by atoms with Crippen LogP contribution < -0.4 is 0 Å². The molecule has 0 spiro atoms. The first-order valence-electron chi connectivity index (χ1n) is 7.37. The first kappa shape index (κ1) is 16.3. The third-order valence-electron chi connectivity index (χ3n) is 3.83. The van der Waals surface area contributed by atoms with Gasteiger partial charge in [-0.3, -0.25) is 0 Å². The lowest BCUT2D eigenvalue weighted by Crippen LogP contribution is -1.98. The van der Waals surface area contributed by atoms with Crippen LogP contribution in [-0.2, 0) is 0 Å². The van der Waals surface area contributed by atoms with Gasteiger partial charge in [-0.05, 0) is 29.8 Å². The average molecular weight is 385 g/mol. The summed E-state index contributed by atoms with van der Waals surface area (Å²) in [7, 11) is 0. The molecule has 25 heavy (non-hydrogen) atoms. The van der Waals surface area contributed by atoms with Crippen molar-refractivity contribution < 1.29 is 9.90 Å². The summed E-state index contributed by atoms with van der Waals surface area (Å²) in [5, 5.41) is 11.2. The summed E-state index contributed by atoms with van der Waals surface area (Å²) in [6.07, 6.45) is 0. The summed E-state index contributed by atoms with van der Waals surface area (Å²) in [5.74, 6) is -1.05. The van der Waals surface area contributed by atoms with Crippen molar-refractivity contribution in [1.29, 1.82) is 0 Å². The summed E-state index contributed by atoms with van der Waals surface area (Å²) in [6.45, 7) is 0. The Morgan fingerprint density at radius 2 is 1.88 bits per heavy atom. The van der Waals surface area contributed by atoms with Crippen LogP contribution in [0.5, 0.6) is 0 Å². The SMILES string of the molecule is O=C(O)c1nc(-c2cc3ccccc3[nH]2)sc1-c1ccc(S)c(S)c1. The van der Waals surface area contributed by atoms with Gasteiger partial charge in [0.25, 0.3) is 0 Å². The molecule has 0 aliphatic heterocycles. The molecule has 0 saturated carbocycles. The number of aromatic nitrogens is 2. The Balaban J connectivity index is 1.87. The Morgan fingerprint density at radius 1 is 1.08 bits per heavy atom. The molecule has 0 aliphatic rings. The van der Waals surface area contributed by atoms with Gasteiger partial charge < -0.3 is 10.1 Å². The highest BCUT2D eigenvalue weighted by atomic mass is 32.1. The highest BCUT2D eigenvalue weighted by molar-refractivity contribution is 7.83. The molecule has 4 rings (SSSR count). The average Bonchev–Trinajstić information content (AvgIpc) is 3.21. The number of rotatable bonds is 3. The van der Waals surface area contributed by atoms with Crippen LogP contribution in [0.2, 0.25) is 0 Å². The summed E-state index contributed by atoms with van der Waals surface area (Å²) >= 11 is 10.0. The second kappa shape index (κ2) is 6.25. The van der Waals surface area contributed by atoms with Gasteiger partial charge in [0.05, 0.1) is 10.6 Å². The molecule has 0 atom stereocenters. The lowest BCUT2D eigenvalue weighted by atomic mass is 10.1. The smallest absolute Gasteiger partial charge is 0.356 e. The summed E-state index contributed by atoms with van der Waals surface area (Å²) in [5.41, 5.74) is 2.60. The van der Waals surface area contributed by atoms with E-state index in [1.165, 1.54) is 11.3 Å². The molecule has 2 N–H and O–H groups in total. The van der Waals surface area contributed by atoms with Gasteiger partial charge in [-0.25, -0.2) is 9.78 Å². The molecule has 0 radical (unpaired) electrons. The Labute approximate surface area is 158 Å². The number of carboxylic acid groups (broad SMARTS) is 1. The fraction of sp³-hybridized carbons (Fsp3) is 0. The lowest BCUT2D eigenvalue weighted by Gasteiger charge is -2.02. The van der Waals surface area contributed by atoms with Gasteiger partial charge in [0.1, 0.15) is 5.01 Å². The number of aromatic carboxylic acids is 1. The van der Waals surface area contributed by atoms with Crippen LogP contribution in [0.1, 0.15) is 10.5 Å². The molecule has 4 aromatic rings. The molecule has 4 nitrogen and oxygen atoms in total. The minimum atomic E-state index is -1.05. The number of nitrogens with one attached hydrogen (secondary N) is 1. The maximum absolute atomic E-state index is 11.7. The zero-order valence-corrected chi connectivity index (χ0v) is 15.3. The quantitative estimate of drug-likeness (QED) is 0.366. The zero-order chi connectivity index (χ0) is 17.6. The highest BCUT2D eigenvalue weighted by Crippen LogP contribution is 2.37. The summed E-state index contributed by atoms with van der Waals surface area (Å²) in [6, 6.07) is 15.3. The van der Waals surface area contributed by atoms with Gasteiger partial charge in [-0.15, -0.1) is 36.6 Å². The van der Waals surface area contributed by atoms with E-state index in [4.69, 9.17) is 0 Å². The first-order chi connectivity index (χ1) is 12.0. The van der Waals surface area contributed by atoms with E-state index in [0.717, 1.165) is 27.1 Å². The van der Waals surface area contributed by atoms with E-state index in [-0.39, 0.29) is 5.69 Å². The predicted molar refractivity (Wildman–Crippen MR) is 106 cm³/mol. The van der Waals surface area contributed by atoms with Gasteiger partial charge in [0.15, 0.2) is 5.69 Å². The number of thiazole rings is 1. The number of nitrogens with zero attached hydrogens (tertiary/aromatic N) is 1. The largest absolute Gasteiger partial charge is 0.476 e. The van der Waals surface area contributed by atoms with Crippen LogP contribution in [-0.4, -0.2) is 21.0 Å². The fourth-order valence-electron chi connectivity index (χ4n) is 2.63. The number of thiol groups is 2. The fourth-order valence-corrected chi connectivity index (χ4v) is 4.01. The maximum atomic E-state index is 11.7. The maximum Gasteiger partial charge on any atom is 0.356 e. The van der Waals surface area contributed by atoms with Crippen molar-refractivity contribution >= 4 is 53.5 Å². The van der Waals surface area contributed by atoms with E-state index < -0.39 is 5.97 Å². The highest BCUT2D eigenvalue weighted by Gasteiger charge is 2.21. The van der Waals surface area contributed by atoms with Crippen molar-refractivity contribution in [3.05, 3.63) is 54.2 Å². The molecular weight excluding hydrogens is 372 g/mol. The molecule has 0 fully saturated rings. The van der Waals surface area contributed by atoms with E-state index in [2.05, 4.69) is 35.2 Å². The topological polar surface area (TPSA) is 66.0 Å². The summed E-state index contributed by atoms with van der Waals surface area (Å²) < 4.78 is 0. The van der Waals surface area contributed by atoms with Gasteiger partial charge in [0.2, 0.25) is 0 Å². The Morgan fingerprint density at radius 3 is 2.60 bits per heavy atom. The number of carbonyl (C=O) groups is 1. The number of hydrogen-bond acceptors (Lipinski definition) is 5. The summed E-state index contributed by atoms with van der Waals surface area (Å²) in [4.78, 5) is 21.3. The van der Waals surface area contributed by atoms with E-state index in [9.17, 15) is 9.90 Å². The van der Waals surface area contributed by atoms with Gasteiger partial charge in [-0.1, -0.05) is 24.3 Å². The van der Waals surface area contributed by atoms with Crippen molar-refractivity contribution in [3.8, 4) is 21.1 Å². The monoisotopic (exact) mass is 384 g/mol. The third kappa shape index (κ3) is 2.95. The van der Waals surface area contributed by atoms with Gasteiger partial charge in [-0.2, -0.15) is 0 Å². The van der Waals surface area contributed by atoms with Crippen LogP contribution in [0.15, 0.2) is 58.3 Å². The molecule has 7 heteroatoms. The van der Waals surface area contributed by atoms with Crippen molar-refractivity contribution in [1.82, 2.24) is 9.97 Å². The molecule has 0 amide bonds. The van der Waals surface area contributed by atoms with Crippen molar-refractivity contribution in [2.24, 2.45) is 0 Å². The Bertz CT molecular complexity index is 1080. The molecule has 124 valence electrons. The van der Waals surface area contributed by atoms with Gasteiger partial charge in [0, 0.05) is 20.7 Å². The number of carboxylic acids is 1. The second-order valence-corrected chi connectivity index (χ2v) is 7.44. The van der Waals surface area contributed by atoms with Crippen molar-refractivity contribution in [2.75, 3.05) is 0 Å². The Hall–Kier alpha value is -2.22. The standard InChI is InChI=1S/C18H12N2O2S3/c21-18(22)15-16(10-5-6-13(23)14(24)8-10)25-17(20-15)12-7-9-3-1-2-4-11(9)19-12/h1-8,19,23-24H,(H,21,22). The number of hydrogen-bond donors (Lipinski definition) is 4. The predicted octanol–water partition coefficient (Wildman–Crippen LogP) is 5.23. The molecule has 2 heterocycles. The molecule has 0 unspecified atom stereocenters. The number of para-hydroxylation sites is 1. The van der Waals surface area contributed by atoms with E-state index in [1.807, 2.05) is 36.4 Å².